The average Bonchev–Trinajstić information content (AvgIpc) is 2.25. The Morgan fingerprint density at radius 2 is 1.78 bits per heavy atom. The van der Waals surface area contributed by atoms with E-state index < -0.39 is 0 Å². The summed E-state index contributed by atoms with van der Waals surface area (Å²) >= 11 is 0. The van der Waals surface area contributed by atoms with E-state index in [0.717, 1.165) is 6.04 Å². The smallest absolute Gasteiger partial charge is 0.00924 e. The predicted molar refractivity (Wildman–Crippen MR) is 78.9 cm³/mol. The van der Waals surface area contributed by atoms with Crippen LogP contribution in [0.1, 0.15) is 65.2 Å². The molecule has 2 fully saturated rings. The van der Waals surface area contributed by atoms with Gasteiger partial charge in [-0.3, -0.25) is 0 Å². The van der Waals surface area contributed by atoms with Gasteiger partial charge in [0.05, 0.1) is 0 Å². The quantitative estimate of drug-likeness (QED) is 0.779. The van der Waals surface area contributed by atoms with E-state index >= 15 is 0 Å². The van der Waals surface area contributed by atoms with Gasteiger partial charge < -0.3 is 10.2 Å². The highest BCUT2D eigenvalue weighted by atomic mass is 15.1. The Hall–Kier alpha value is -0.0800. The maximum Gasteiger partial charge on any atom is 0.00924 e. The molecule has 0 aromatic heterocycles. The zero-order chi connectivity index (χ0) is 13.0. The lowest BCUT2D eigenvalue weighted by Gasteiger charge is -2.45. The van der Waals surface area contributed by atoms with Gasteiger partial charge in [-0.25, -0.2) is 0 Å². The molecule has 0 saturated heterocycles. The van der Waals surface area contributed by atoms with Crippen molar-refractivity contribution in [1.82, 2.24) is 10.2 Å². The number of rotatable bonds is 6. The first-order chi connectivity index (χ1) is 8.61. The standard InChI is InChI=1S/C16H32N2/c1-14(2)17-12-16(10-5-4-6-11-16)13-18(3)15-8-7-9-15/h14-15,17H,4-13H2,1-3H3. The minimum absolute atomic E-state index is 0.562. The molecular weight excluding hydrogens is 220 g/mol. The Balaban J connectivity index is 1.89. The third-order valence-corrected chi connectivity index (χ3v) is 5.08. The monoisotopic (exact) mass is 252 g/mol. The fourth-order valence-electron chi connectivity index (χ4n) is 3.60. The summed E-state index contributed by atoms with van der Waals surface area (Å²) in [6.45, 7) is 7.08. The summed E-state index contributed by atoms with van der Waals surface area (Å²) in [4.78, 5) is 2.66. The summed E-state index contributed by atoms with van der Waals surface area (Å²) in [6.07, 6.45) is 11.5. The van der Waals surface area contributed by atoms with E-state index in [2.05, 4.69) is 31.1 Å². The first-order valence-corrected chi connectivity index (χ1v) is 8.05. The van der Waals surface area contributed by atoms with Gasteiger partial charge in [0, 0.05) is 25.2 Å². The van der Waals surface area contributed by atoms with Crippen LogP contribution in [0.5, 0.6) is 0 Å². The van der Waals surface area contributed by atoms with E-state index in [9.17, 15) is 0 Å². The maximum atomic E-state index is 3.71. The average molecular weight is 252 g/mol. The van der Waals surface area contributed by atoms with E-state index in [1.54, 1.807) is 0 Å². The molecular formula is C16H32N2. The Kier molecular flexibility index (Phi) is 5.08. The molecule has 2 rings (SSSR count). The first-order valence-electron chi connectivity index (χ1n) is 8.05. The zero-order valence-electron chi connectivity index (χ0n) is 12.7. The molecule has 2 saturated carbocycles. The van der Waals surface area contributed by atoms with E-state index in [1.807, 2.05) is 0 Å². The molecule has 2 heteroatoms. The Bertz CT molecular complexity index is 239. The minimum Gasteiger partial charge on any atom is -0.314 e. The molecule has 18 heavy (non-hydrogen) atoms. The molecule has 0 spiro atoms. The SMILES string of the molecule is CC(C)NCC1(CN(C)C2CCC2)CCCCC1. The largest absolute Gasteiger partial charge is 0.314 e. The molecule has 0 aromatic rings. The van der Waals surface area contributed by atoms with Crippen LogP contribution in [0.3, 0.4) is 0 Å². The summed E-state index contributed by atoms with van der Waals surface area (Å²) in [6, 6.07) is 1.51. The fourth-order valence-corrected chi connectivity index (χ4v) is 3.60. The van der Waals surface area contributed by atoms with Crippen LogP contribution in [0, 0.1) is 5.41 Å². The van der Waals surface area contributed by atoms with Crippen molar-refractivity contribution in [1.29, 1.82) is 0 Å². The highest BCUT2D eigenvalue weighted by Crippen LogP contribution is 2.38. The van der Waals surface area contributed by atoms with E-state index in [-0.39, 0.29) is 0 Å². The third-order valence-electron chi connectivity index (χ3n) is 5.08. The summed E-state index contributed by atoms with van der Waals surface area (Å²) in [7, 11) is 2.36. The van der Waals surface area contributed by atoms with Crippen LogP contribution in [-0.2, 0) is 0 Å². The van der Waals surface area contributed by atoms with Crippen molar-refractivity contribution in [3.8, 4) is 0 Å². The molecule has 2 aliphatic rings. The lowest BCUT2D eigenvalue weighted by molar-refractivity contribution is 0.0646. The number of hydrogen-bond donors (Lipinski definition) is 1. The Morgan fingerprint density at radius 1 is 1.11 bits per heavy atom. The van der Waals surface area contributed by atoms with Crippen LogP contribution in [0.2, 0.25) is 0 Å². The Labute approximate surface area is 114 Å². The molecule has 2 nitrogen and oxygen atoms in total. The van der Waals surface area contributed by atoms with E-state index in [0.29, 0.717) is 11.5 Å². The molecule has 0 aromatic carbocycles. The molecule has 106 valence electrons. The van der Waals surface area contributed by atoms with Gasteiger partial charge in [0.2, 0.25) is 0 Å². The molecule has 0 amide bonds. The van der Waals surface area contributed by atoms with Crippen molar-refractivity contribution in [3.05, 3.63) is 0 Å². The molecule has 0 bridgehead atoms. The highest BCUT2D eigenvalue weighted by molar-refractivity contribution is 4.90. The van der Waals surface area contributed by atoms with Gasteiger partial charge in [0.15, 0.2) is 0 Å². The van der Waals surface area contributed by atoms with Crippen LogP contribution in [0.4, 0.5) is 0 Å². The molecule has 0 unspecified atom stereocenters. The van der Waals surface area contributed by atoms with Gasteiger partial charge in [-0.05, 0) is 38.1 Å². The third kappa shape index (κ3) is 3.71. The van der Waals surface area contributed by atoms with Gasteiger partial charge >= 0.3 is 0 Å². The van der Waals surface area contributed by atoms with Crippen molar-refractivity contribution in [2.24, 2.45) is 5.41 Å². The summed E-state index contributed by atoms with van der Waals surface area (Å²) in [5.74, 6) is 0. The Morgan fingerprint density at radius 3 is 2.28 bits per heavy atom. The van der Waals surface area contributed by atoms with Crippen molar-refractivity contribution in [3.63, 3.8) is 0 Å². The fraction of sp³-hybridized carbons (Fsp3) is 1.00. The summed E-state index contributed by atoms with van der Waals surface area (Å²) in [5.41, 5.74) is 0.562. The lowest BCUT2D eigenvalue weighted by atomic mass is 9.73. The predicted octanol–water partition coefficient (Wildman–Crippen LogP) is 3.42. The lowest BCUT2D eigenvalue weighted by Crippen LogP contribution is -2.49. The summed E-state index contributed by atoms with van der Waals surface area (Å²) < 4.78 is 0. The second-order valence-electron chi connectivity index (χ2n) is 7.10. The van der Waals surface area contributed by atoms with Gasteiger partial charge in [-0.15, -0.1) is 0 Å². The second kappa shape index (κ2) is 6.38. The van der Waals surface area contributed by atoms with Crippen molar-refractivity contribution in [2.45, 2.75) is 77.3 Å². The molecule has 2 aliphatic carbocycles. The van der Waals surface area contributed by atoms with Gasteiger partial charge in [-0.1, -0.05) is 39.5 Å². The van der Waals surface area contributed by atoms with Crippen LogP contribution < -0.4 is 5.32 Å². The van der Waals surface area contributed by atoms with Gasteiger partial charge in [0.25, 0.3) is 0 Å². The van der Waals surface area contributed by atoms with Crippen LogP contribution >= 0.6 is 0 Å². The van der Waals surface area contributed by atoms with Crippen LogP contribution in [0.15, 0.2) is 0 Å². The molecule has 0 atom stereocenters. The van der Waals surface area contributed by atoms with Gasteiger partial charge in [-0.2, -0.15) is 0 Å². The number of nitrogens with zero attached hydrogens (tertiary/aromatic N) is 1. The number of nitrogens with one attached hydrogen (secondary N) is 1. The topological polar surface area (TPSA) is 15.3 Å². The normalized spacial score (nSPS) is 24.5. The van der Waals surface area contributed by atoms with E-state index in [4.69, 9.17) is 0 Å². The first kappa shape index (κ1) is 14.3. The van der Waals surface area contributed by atoms with Crippen molar-refractivity contribution in [2.75, 3.05) is 20.1 Å². The van der Waals surface area contributed by atoms with Crippen LogP contribution in [-0.4, -0.2) is 37.1 Å². The van der Waals surface area contributed by atoms with E-state index in [1.165, 1.54) is 64.5 Å². The van der Waals surface area contributed by atoms with Crippen molar-refractivity contribution >= 4 is 0 Å². The second-order valence-corrected chi connectivity index (χ2v) is 7.10. The van der Waals surface area contributed by atoms with Crippen LogP contribution in [0.25, 0.3) is 0 Å². The molecule has 0 heterocycles. The molecule has 0 aliphatic heterocycles. The highest BCUT2D eigenvalue weighted by Gasteiger charge is 2.35. The van der Waals surface area contributed by atoms with Crippen molar-refractivity contribution < 1.29 is 0 Å². The molecule has 1 N–H and O–H groups in total. The minimum atomic E-state index is 0.562. The summed E-state index contributed by atoms with van der Waals surface area (Å²) in [5, 5.41) is 3.71. The van der Waals surface area contributed by atoms with Gasteiger partial charge in [0.1, 0.15) is 0 Å². The molecule has 0 radical (unpaired) electrons. The zero-order valence-corrected chi connectivity index (χ0v) is 12.7. The number of hydrogen-bond acceptors (Lipinski definition) is 2. The maximum absolute atomic E-state index is 3.71.